The molecule has 0 aromatic rings. The molecule has 0 spiro atoms. The third kappa shape index (κ3) is 269. The number of rotatable bonds is 0. The fourth-order valence-corrected chi connectivity index (χ4v) is 0. The van der Waals surface area contributed by atoms with Crippen molar-refractivity contribution in [3.8, 4) is 0 Å². The Hall–Kier alpha value is 1.38. The summed E-state index contributed by atoms with van der Waals surface area (Å²) in [6.45, 7) is 0. The molecule has 0 aliphatic rings. The predicted octanol–water partition coefficient (Wildman–Crippen LogP) is -2.12. The van der Waals surface area contributed by atoms with Crippen molar-refractivity contribution in [2.45, 2.75) is 0 Å². The Labute approximate surface area is 93.0 Å². The van der Waals surface area contributed by atoms with Gasteiger partial charge in [0.1, 0.15) is 0 Å². The summed E-state index contributed by atoms with van der Waals surface area (Å²) >= 11 is 0. The molecule has 0 atom stereocenters. The quantitative estimate of drug-likeness (QED) is 0.340. The van der Waals surface area contributed by atoms with Gasteiger partial charge in [0.2, 0.25) is 0 Å². The Morgan fingerprint density at radius 2 is 0.556 bits per heavy atom. The van der Waals surface area contributed by atoms with E-state index in [0.717, 1.165) is 0 Å². The molecule has 0 amide bonds. The first-order valence-corrected chi connectivity index (χ1v) is 0.471. The third-order valence-corrected chi connectivity index (χ3v) is 0. The van der Waals surface area contributed by atoms with Gasteiger partial charge in [0.05, 0.1) is 0 Å². The predicted molar refractivity (Wildman–Crippen MR) is 26.4 cm³/mol. The second-order valence-electron chi connectivity index (χ2n) is 0. The van der Waals surface area contributed by atoms with Crippen molar-refractivity contribution in [3.63, 3.8) is 0 Å². The first kappa shape index (κ1) is 80.0. The zero-order valence-corrected chi connectivity index (χ0v) is 11.0. The largest absolute Gasteiger partial charge is 3.00 e. The van der Waals surface area contributed by atoms with E-state index in [1.165, 1.54) is 0 Å². The summed E-state index contributed by atoms with van der Waals surface area (Å²) in [6.07, 6.45) is 0. The molecule has 0 saturated heterocycles. The van der Waals surface area contributed by atoms with Gasteiger partial charge in [-0.3, -0.25) is 0 Å². The van der Waals surface area contributed by atoms with Crippen molar-refractivity contribution >= 4 is 67.8 Å². The Kier molecular flexibility index (Phi) is 3090. The van der Waals surface area contributed by atoms with E-state index in [-0.39, 0.29) is 68.8 Å². The minimum Gasteiger partial charge on any atom is -2.00 e. The molecule has 0 N–H and O–H groups in total. The molecule has 0 aliphatic carbocycles. The second-order valence-corrected chi connectivity index (χ2v) is 0. The van der Waals surface area contributed by atoms with Gasteiger partial charge in [0.25, 0.3) is 0 Å². The Morgan fingerprint density at radius 1 is 0.556 bits per heavy atom. The summed E-state index contributed by atoms with van der Waals surface area (Å²) in [7, 11) is 6.50. The van der Waals surface area contributed by atoms with Gasteiger partial charge >= 0.3 is 77.2 Å². The van der Waals surface area contributed by atoms with E-state index < -0.39 is 0 Å². The van der Waals surface area contributed by atoms with Crippen molar-refractivity contribution < 1.29 is 25.8 Å². The molecule has 0 heterocycles. The van der Waals surface area contributed by atoms with E-state index in [2.05, 4.69) is 15.4 Å². The maximum atomic E-state index is 7.75. The minimum absolute atomic E-state index is 0. The van der Waals surface area contributed by atoms with Crippen LogP contribution in [0.5, 0.6) is 0 Å². The van der Waals surface area contributed by atoms with Crippen LogP contribution in [0.25, 0.3) is 0 Å². The third-order valence-electron chi connectivity index (χ3n) is 0. The summed E-state index contributed by atoms with van der Waals surface area (Å²) in [6, 6.07) is 0. The number of hydrogen-bond acceptors (Lipinski definition) is 2. The van der Waals surface area contributed by atoms with Crippen molar-refractivity contribution in [3.05, 3.63) is 0 Å². The van der Waals surface area contributed by atoms with Crippen LogP contribution in [0.15, 0.2) is 0 Å². The fourth-order valence-electron chi connectivity index (χ4n) is 0. The maximum Gasteiger partial charge on any atom is 3.00 e. The van der Waals surface area contributed by atoms with Gasteiger partial charge in [0.15, 0.2) is 0 Å². The van der Waals surface area contributed by atoms with Crippen LogP contribution < -0.4 is 0 Å². The van der Waals surface area contributed by atoms with Crippen molar-refractivity contribution in [2.75, 3.05) is 0 Å². The normalized spacial score (nSPS) is 0.667. The SMILES string of the molecule is [B]=O.[B]=O.[Bi+3].[Bi+3].[O-2].[O-2].[O-2]. The van der Waals surface area contributed by atoms with Gasteiger partial charge < -0.3 is 16.4 Å². The molecule has 0 rings (SSSR count). The van der Waals surface area contributed by atoms with Crippen LogP contribution >= 0.6 is 0 Å². The van der Waals surface area contributed by atoms with E-state index in [4.69, 9.17) is 9.41 Å². The van der Waals surface area contributed by atoms with Gasteiger partial charge in [-0.25, -0.2) is 0 Å². The van der Waals surface area contributed by atoms with E-state index in [0.29, 0.717) is 0 Å². The Morgan fingerprint density at radius 3 is 0.556 bits per heavy atom. The summed E-state index contributed by atoms with van der Waals surface area (Å²) in [5, 5.41) is 0. The van der Waals surface area contributed by atoms with Gasteiger partial charge in [-0.2, -0.15) is 0 Å². The Bertz CT molecular complexity index is 14.9. The van der Waals surface area contributed by atoms with Gasteiger partial charge in [-0.15, -0.1) is 0 Å². The topological polar surface area (TPSA) is 120 Å². The van der Waals surface area contributed by atoms with Crippen molar-refractivity contribution in [1.82, 2.24) is 0 Å². The average Bonchev–Trinajstić information content (AvgIpc) is 1.50. The minimum atomic E-state index is 0. The first-order chi connectivity index (χ1) is 2.00. The van der Waals surface area contributed by atoms with Crippen LogP contribution in [0.2, 0.25) is 0 Å². The molecule has 0 aliphatic heterocycles. The van der Waals surface area contributed by atoms with E-state index in [9.17, 15) is 0 Å². The van der Waals surface area contributed by atoms with Crippen LogP contribution in [-0.2, 0) is 25.8 Å². The first-order valence-electron chi connectivity index (χ1n) is 0.471. The zero-order valence-electron chi connectivity index (χ0n) is 4.09. The zero-order chi connectivity index (χ0) is 4.00. The van der Waals surface area contributed by atoms with Crippen LogP contribution in [-0.4, -0.2) is 67.8 Å². The van der Waals surface area contributed by atoms with E-state index in [1.807, 2.05) is 0 Å². The summed E-state index contributed by atoms with van der Waals surface area (Å²) in [4.78, 5) is 0. The molecule has 0 bridgehead atoms. The smallest absolute Gasteiger partial charge is 2.00 e. The molecule has 0 aromatic heterocycles. The van der Waals surface area contributed by atoms with Gasteiger partial charge in [0, 0.05) is 0 Å². The van der Waals surface area contributed by atoms with Crippen molar-refractivity contribution in [2.24, 2.45) is 0 Å². The summed E-state index contributed by atoms with van der Waals surface area (Å²) in [5.41, 5.74) is 0. The van der Waals surface area contributed by atoms with Crippen LogP contribution in [0, 0.1) is 0 Å². The van der Waals surface area contributed by atoms with Crippen LogP contribution in [0.1, 0.15) is 0 Å². The molecule has 6 radical (unpaired) electrons. The van der Waals surface area contributed by atoms with E-state index in [1.54, 1.807) is 0 Å². The van der Waals surface area contributed by atoms with E-state index >= 15 is 0 Å². The summed E-state index contributed by atoms with van der Waals surface area (Å²) in [5.74, 6) is 0. The van der Waals surface area contributed by atoms with Crippen LogP contribution in [0.3, 0.4) is 0 Å². The fraction of sp³-hybridized carbons (Fsp3) is 0. The monoisotopic (exact) mass is 520 g/mol. The molecule has 0 unspecified atom stereocenters. The molecular weight excluding hydrogens is 520 g/mol. The van der Waals surface area contributed by atoms with Gasteiger partial charge in [-0.1, -0.05) is 0 Å². The molecular formula is B2Bi2O5. The van der Waals surface area contributed by atoms with Crippen LogP contribution in [0.4, 0.5) is 0 Å². The molecule has 0 saturated carbocycles. The molecule has 0 fully saturated rings. The Balaban J connectivity index is -0.00000000114. The molecule has 9 heteroatoms. The average molecular weight is 520 g/mol. The molecule has 9 heavy (non-hydrogen) atoms. The van der Waals surface area contributed by atoms with Crippen molar-refractivity contribution in [1.29, 1.82) is 0 Å². The molecule has 46 valence electrons. The standard InChI is InChI=1S/2BO.2Bi.3O/c2*1-2;;;;;/q;;2*+3;3*-2. The molecule has 0 aromatic carbocycles. The van der Waals surface area contributed by atoms with Gasteiger partial charge in [-0.05, 0) is 0 Å². The number of hydrogen-bond donors (Lipinski definition) is 0. The second kappa shape index (κ2) is 347. The summed E-state index contributed by atoms with van der Waals surface area (Å²) < 4.78 is 15.5. The maximum absolute atomic E-state index is 7.75. The molecule has 5 nitrogen and oxygen atoms in total.